The SMILES string of the molecule is Brc1c(Br)c2c(Br)c(Br)c3c(Br)c(Br)c(Br)c4c(Br)c(Br)c(c1Br)c2c34. The fourth-order valence-electron chi connectivity index (χ4n) is 3.08. The summed E-state index contributed by atoms with van der Waals surface area (Å²) in [5, 5.41) is 6.66. The van der Waals surface area contributed by atoms with E-state index in [4.69, 9.17) is 0 Å². The predicted molar refractivity (Wildman–Crippen MR) is 147 cm³/mol. The van der Waals surface area contributed by atoms with Crippen molar-refractivity contribution in [2.45, 2.75) is 0 Å². The molecule has 0 fully saturated rings. The first-order valence-electron chi connectivity index (χ1n) is 6.64. The van der Waals surface area contributed by atoms with Crippen LogP contribution in [0, 0.1) is 0 Å². The second-order valence-electron chi connectivity index (χ2n) is 5.39. The molecule has 0 spiro atoms. The minimum Gasteiger partial charge on any atom is -0.0489 e. The Balaban J connectivity index is 2.63. The quantitative estimate of drug-likeness (QED) is 0.122. The molecule has 0 saturated carbocycles. The van der Waals surface area contributed by atoms with Crippen molar-refractivity contribution in [3.8, 4) is 0 Å². The molecule has 0 saturated heterocycles. The number of hydrogen-bond donors (Lipinski definition) is 0. The van der Waals surface area contributed by atoms with Crippen molar-refractivity contribution < 1.29 is 0 Å². The smallest absolute Gasteiger partial charge is 0.0473 e. The van der Waals surface area contributed by atoms with Gasteiger partial charge in [0.05, 0.1) is 0 Å². The molecule has 0 radical (unpaired) electrons. The summed E-state index contributed by atoms with van der Waals surface area (Å²) >= 11 is 37.7. The third-order valence-corrected chi connectivity index (χ3v) is 15.3. The molecule has 4 aromatic carbocycles. The van der Waals surface area contributed by atoms with Crippen molar-refractivity contribution in [1.29, 1.82) is 0 Å². The van der Waals surface area contributed by atoms with Crippen LogP contribution in [-0.4, -0.2) is 0 Å². The van der Waals surface area contributed by atoms with Crippen LogP contribution in [0.25, 0.3) is 32.3 Å². The molecule has 0 N–H and O–H groups in total. The van der Waals surface area contributed by atoms with Gasteiger partial charge in [-0.3, -0.25) is 0 Å². The highest BCUT2D eigenvalue weighted by Crippen LogP contribution is 2.58. The molecule has 0 aliphatic heterocycles. The summed E-state index contributed by atoms with van der Waals surface area (Å²) in [4.78, 5) is 0. The van der Waals surface area contributed by atoms with E-state index in [-0.39, 0.29) is 0 Å². The first-order chi connectivity index (χ1) is 12.1. The van der Waals surface area contributed by atoms with Gasteiger partial charge in [0.1, 0.15) is 0 Å². The second kappa shape index (κ2) is 7.69. The van der Waals surface area contributed by atoms with Crippen LogP contribution in [0.3, 0.4) is 0 Å². The van der Waals surface area contributed by atoms with E-state index in [2.05, 4.69) is 159 Å². The molecule has 0 aromatic heterocycles. The summed E-state index contributed by atoms with van der Waals surface area (Å²) < 4.78 is 9.80. The zero-order chi connectivity index (χ0) is 19.2. The van der Waals surface area contributed by atoms with Gasteiger partial charge in [-0.2, -0.15) is 0 Å². The highest BCUT2D eigenvalue weighted by molar-refractivity contribution is 9.15. The van der Waals surface area contributed by atoms with E-state index in [0.29, 0.717) is 0 Å². The highest BCUT2D eigenvalue weighted by Gasteiger charge is 2.28. The van der Waals surface area contributed by atoms with Crippen LogP contribution in [0.1, 0.15) is 0 Å². The molecular weight excluding hydrogens is 991 g/mol. The zero-order valence-electron chi connectivity index (χ0n) is 11.8. The van der Waals surface area contributed by atoms with Crippen molar-refractivity contribution in [2.75, 3.05) is 0 Å². The fourth-order valence-corrected chi connectivity index (χ4v) is 10.2. The van der Waals surface area contributed by atoms with Crippen molar-refractivity contribution >= 4 is 192 Å². The Kier molecular flexibility index (Phi) is 6.49. The third-order valence-electron chi connectivity index (χ3n) is 4.16. The Morgan fingerprint density at radius 2 is 0.346 bits per heavy atom. The summed E-state index contributed by atoms with van der Waals surface area (Å²) in [5.41, 5.74) is 0. The van der Waals surface area contributed by atoms with Gasteiger partial charge < -0.3 is 0 Å². The van der Waals surface area contributed by atoms with Crippen molar-refractivity contribution in [3.05, 3.63) is 44.7 Å². The summed E-state index contributed by atoms with van der Waals surface area (Å²) in [6.07, 6.45) is 0. The minimum atomic E-state index is 0.961. The molecule has 0 heterocycles. The van der Waals surface area contributed by atoms with E-state index < -0.39 is 0 Å². The molecular formula is C16Br10. The molecule has 0 aliphatic carbocycles. The predicted octanol–water partition coefficient (Wildman–Crippen LogP) is 12.2. The molecule has 4 aromatic rings. The van der Waals surface area contributed by atoms with E-state index in [1.807, 2.05) is 0 Å². The van der Waals surface area contributed by atoms with Gasteiger partial charge >= 0.3 is 0 Å². The summed E-state index contributed by atoms with van der Waals surface area (Å²) in [5.74, 6) is 0. The summed E-state index contributed by atoms with van der Waals surface area (Å²) in [7, 11) is 0. The maximum atomic E-state index is 3.80. The highest BCUT2D eigenvalue weighted by atomic mass is 79.9. The van der Waals surface area contributed by atoms with Gasteiger partial charge in [-0.1, -0.05) is 0 Å². The molecule has 0 amide bonds. The molecule has 26 heavy (non-hydrogen) atoms. The standard InChI is InChI=1S/C16Br10/c17-7-3-1-2-5(9(7)19)13(23)16(26)14(24)6(2)10(20)8(18)4(1)12(22)15(25)11(3)21. The van der Waals surface area contributed by atoms with Gasteiger partial charge in [0.15, 0.2) is 0 Å². The average molecular weight is 991 g/mol. The molecule has 4 rings (SSSR count). The lowest BCUT2D eigenvalue weighted by Crippen LogP contribution is -1.95. The van der Waals surface area contributed by atoms with Crippen LogP contribution in [0.4, 0.5) is 0 Å². The van der Waals surface area contributed by atoms with Gasteiger partial charge in [-0.25, -0.2) is 0 Å². The van der Waals surface area contributed by atoms with Crippen LogP contribution < -0.4 is 0 Å². The largest absolute Gasteiger partial charge is 0.0489 e. The molecule has 0 bridgehead atoms. The Morgan fingerprint density at radius 3 is 0.538 bits per heavy atom. The fraction of sp³-hybridized carbons (Fsp3) is 0. The van der Waals surface area contributed by atoms with E-state index >= 15 is 0 Å². The zero-order valence-corrected chi connectivity index (χ0v) is 27.6. The van der Waals surface area contributed by atoms with Gasteiger partial charge in [-0.15, -0.1) is 0 Å². The molecule has 0 nitrogen and oxygen atoms in total. The van der Waals surface area contributed by atoms with Gasteiger partial charge in [-0.05, 0) is 159 Å². The first kappa shape index (κ1) is 21.9. The number of hydrogen-bond acceptors (Lipinski definition) is 0. The lowest BCUT2D eigenvalue weighted by Gasteiger charge is -2.22. The number of benzene rings is 4. The van der Waals surface area contributed by atoms with Crippen molar-refractivity contribution in [1.82, 2.24) is 0 Å². The van der Waals surface area contributed by atoms with Crippen molar-refractivity contribution in [2.24, 2.45) is 0 Å². The van der Waals surface area contributed by atoms with Crippen LogP contribution in [-0.2, 0) is 0 Å². The summed E-state index contributed by atoms with van der Waals surface area (Å²) in [6, 6.07) is 0. The lowest BCUT2D eigenvalue weighted by atomic mass is 9.94. The van der Waals surface area contributed by atoms with Crippen LogP contribution in [0.2, 0.25) is 0 Å². The summed E-state index contributed by atoms with van der Waals surface area (Å²) in [6.45, 7) is 0. The van der Waals surface area contributed by atoms with Crippen LogP contribution in [0.5, 0.6) is 0 Å². The van der Waals surface area contributed by atoms with Crippen molar-refractivity contribution in [3.63, 3.8) is 0 Å². The van der Waals surface area contributed by atoms with Gasteiger partial charge in [0.2, 0.25) is 0 Å². The topological polar surface area (TPSA) is 0 Å². The second-order valence-corrected chi connectivity index (χ2v) is 13.3. The van der Waals surface area contributed by atoms with Gasteiger partial charge in [0, 0.05) is 77.0 Å². The van der Waals surface area contributed by atoms with E-state index in [0.717, 1.165) is 77.0 Å². The normalized spacial score (nSPS) is 12.2. The van der Waals surface area contributed by atoms with E-state index in [1.165, 1.54) is 0 Å². The Bertz CT molecular complexity index is 1080. The van der Waals surface area contributed by atoms with E-state index in [1.54, 1.807) is 0 Å². The molecule has 134 valence electrons. The lowest BCUT2D eigenvalue weighted by molar-refractivity contribution is 1.56. The molecule has 0 unspecified atom stereocenters. The molecule has 0 aliphatic rings. The molecule has 10 heteroatoms. The maximum Gasteiger partial charge on any atom is 0.0473 e. The minimum absolute atomic E-state index is 0.961. The van der Waals surface area contributed by atoms with E-state index in [9.17, 15) is 0 Å². The van der Waals surface area contributed by atoms with Crippen LogP contribution in [0.15, 0.2) is 44.7 Å². The van der Waals surface area contributed by atoms with Gasteiger partial charge in [0.25, 0.3) is 0 Å². The maximum absolute atomic E-state index is 3.80. The molecule has 0 atom stereocenters. The number of halogens is 10. The first-order valence-corrected chi connectivity index (χ1v) is 14.6. The Hall–Kier alpha value is 2.72. The Labute approximate surface area is 232 Å². The van der Waals surface area contributed by atoms with Crippen LogP contribution >= 0.6 is 159 Å². The average Bonchev–Trinajstić information content (AvgIpc) is 2.60. The number of rotatable bonds is 0. The Morgan fingerprint density at radius 1 is 0.192 bits per heavy atom. The monoisotopic (exact) mass is 981 g/mol. The third kappa shape index (κ3) is 2.85.